The molecule has 1 aliphatic rings. The van der Waals surface area contributed by atoms with Crippen LogP contribution in [0.2, 0.25) is 0 Å². The van der Waals surface area contributed by atoms with Gasteiger partial charge in [-0.2, -0.15) is 0 Å². The Balaban J connectivity index is 1.39. The van der Waals surface area contributed by atoms with Crippen LogP contribution in [-0.4, -0.2) is 35.5 Å². The second-order valence-electron chi connectivity index (χ2n) is 9.78. The predicted molar refractivity (Wildman–Crippen MR) is 141 cm³/mol. The van der Waals surface area contributed by atoms with Gasteiger partial charge in [0.1, 0.15) is 23.4 Å². The van der Waals surface area contributed by atoms with Gasteiger partial charge in [-0.1, -0.05) is 44.2 Å². The van der Waals surface area contributed by atoms with Crippen molar-refractivity contribution in [3.05, 3.63) is 72.2 Å². The minimum Gasteiger partial charge on any atom is -0.508 e. The van der Waals surface area contributed by atoms with Crippen molar-refractivity contribution in [3.63, 3.8) is 0 Å². The minimum absolute atomic E-state index is 0.0720. The van der Waals surface area contributed by atoms with Crippen molar-refractivity contribution in [2.75, 3.05) is 11.9 Å². The molecule has 196 valence electrons. The van der Waals surface area contributed by atoms with Crippen molar-refractivity contribution in [2.45, 2.75) is 57.5 Å². The highest BCUT2D eigenvalue weighted by Gasteiger charge is 2.28. The van der Waals surface area contributed by atoms with E-state index >= 15 is 0 Å². The van der Waals surface area contributed by atoms with E-state index in [1.54, 1.807) is 42.5 Å². The van der Waals surface area contributed by atoms with Gasteiger partial charge in [0.15, 0.2) is 5.76 Å². The molecule has 0 spiro atoms. The van der Waals surface area contributed by atoms with Crippen LogP contribution >= 0.6 is 0 Å². The van der Waals surface area contributed by atoms with Crippen molar-refractivity contribution >= 4 is 17.5 Å². The van der Waals surface area contributed by atoms with E-state index in [0.717, 1.165) is 31.4 Å². The molecule has 2 amide bonds. The second kappa shape index (κ2) is 12.4. The Hall–Kier alpha value is -3.81. The number of rotatable bonds is 10. The van der Waals surface area contributed by atoms with Crippen LogP contribution in [0.1, 0.15) is 56.0 Å². The van der Waals surface area contributed by atoms with Crippen LogP contribution in [-0.2, 0) is 4.79 Å². The van der Waals surface area contributed by atoms with Gasteiger partial charge in [0.05, 0.1) is 0 Å². The third-order valence-corrected chi connectivity index (χ3v) is 6.72. The Labute approximate surface area is 216 Å². The third kappa shape index (κ3) is 7.59. The molecule has 8 heteroatoms. The van der Waals surface area contributed by atoms with E-state index in [9.17, 15) is 19.1 Å². The van der Waals surface area contributed by atoms with Crippen LogP contribution in [0, 0.1) is 11.7 Å². The van der Waals surface area contributed by atoms with Gasteiger partial charge in [-0.25, -0.2) is 4.39 Å². The lowest BCUT2D eigenvalue weighted by molar-refractivity contribution is -0.124. The third-order valence-electron chi connectivity index (χ3n) is 6.72. The van der Waals surface area contributed by atoms with Gasteiger partial charge >= 0.3 is 0 Å². The average Bonchev–Trinajstić information content (AvgIpc) is 3.39. The maximum absolute atomic E-state index is 13.6. The molecular weight excluding hydrogens is 473 g/mol. The molecule has 0 saturated heterocycles. The molecule has 1 saturated carbocycles. The highest BCUT2D eigenvalue weighted by molar-refractivity contribution is 5.96. The number of hydrogen-bond donors (Lipinski definition) is 4. The minimum atomic E-state index is -0.700. The number of carbonyl (C=O) groups excluding carboxylic acids is 2. The predicted octanol–water partition coefficient (Wildman–Crippen LogP) is 5.48. The zero-order valence-corrected chi connectivity index (χ0v) is 21.0. The monoisotopic (exact) mass is 507 g/mol. The highest BCUT2D eigenvalue weighted by atomic mass is 19.1. The molecule has 4 N–H and O–H groups in total. The molecule has 1 fully saturated rings. The molecule has 2 atom stereocenters. The van der Waals surface area contributed by atoms with Crippen LogP contribution in [0.4, 0.5) is 10.1 Å². The maximum atomic E-state index is 13.6. The van der Waals surface area contributed by atoms with E-state index < -0.39 is 17.8 Å². The summed E-state index contributed by atoms with van der Waals surface area (Å²) in [7, 11) is 0. The molecule has 0 bridgehead atoms. The van der Waals surface area contributed by atoms with E-state index in [4.69, 9.17) is 4.42 Å². The fourth-order valence-corrected chi connectivity index (χ4v) is 4.72. The van der Waals surface area contributed by atoms with Gasteiger partial charge in [-0.3, -0.25) is 9.59 Å². The summed E-state index contributed by atoms with van der Waals surface area (Å²) in [6.07, 6.45) is 6.12. The summed E-state index contributed by atoms with van der Waals surface area (Å²) >= 11 is 0. The molecule has 0 unspecified atom stereocenters. The lowest BCUT2D eigenvalue weighted by Crippen LogP contribution is -2.51. The quantitative estimate of drug-likeness (QED) is 0.272. The first-order valence-corrected chi connectivity index (χ1v) is 12.9. The first-order valence-electron chi connectivity index (χ1n) is 12.9. The number of amides is 2. The van der Waals surface area contributed by atoms with Gasteiger partial charge in [-0.05, 0) is 67.8 Å². The molecule has 1 aliphatic carbocycles. The topological polar surface area (TPSA) is 104 Å². The van der Waals surface area contributed by atoms with Crippen molar-refractivity contribution in [1.29, 1.82) is 0 Å². The zero-order valence-electron chi connectivity index (χ0n) is 21.0. The summed E-state index contributed by atoms with van der Waals surface area (Å²) in [6, 6.07) is 14.9. The first kappa shape index (κ1) is 26.3. The number of hydrogen-bond acceptors (Lipinski definition) is 5. The number of anilines is 1. The van der Waals surface area contributed by atoms with Gasteiger partial charge in [0.2, 0.25) is 5.91 Å². The Bertz CT molecular complexity index is 1190. The number of phenols is 1. The van der Waals surface area contributed by atoms with Gasteiger partial charge in [0, 0.05) is 23.8 Å². The standard InChI is InChI=1S/C29H34FN3O4/c1-19(18-31-23-10-12-24(34)13-11-23)32-28(35)25(16-20-6-3-2-4-7-20)33-29(36)27-15-14-26(37-27)21-8-5-9-22(30)17-21/h5,8-15,17,19-20,25,31,34H,2-4,6-7,16,18H2,1H3,(H,32,35)(H,33,36)/t19-,25-/m0/s1. The Kier molecular flexibility index (Phi) is 8.82. The van der Waals surface area contributed by atoms with Crippen molar-refractivity contribution in [1.82, 2.24) is 10.6 Å². The molecule has 4 rings (SSSR count). The summed E-state index contributed by atoms with van der Waals surface area (Å²) in [4.78, 5) is 26.3. The summed E-state index contributed by atoms with van der Waals surface area (Å²) < 4.78 is 19.3. The number of benzene rings is 2. The molecule has 0 aliphatic heterocycles. The van der Waals surface area contributed by atoms with E-state index in [1.165, 1.54) is 24.6 Å². The lowest BCUT2D eigenvalue weighted by atomic mass is 9.84. The summed E-state index contributed by atoms with van der Waals surface area (Å²) in [5, 5.41) is 18.5. The van der Waals surface area contributed by atoms with E-state index in [-0.39, 0.29) is 23.5 Å². The number of carbonyl (C=O) groups is 2. The van der Waals surface area contributed by atoms with E-state index in [1.807, 2.05) is 6.92 Å². The molecule has 37 heavy (non-hydrogen) atoms. The number of nitrogens with one attached hydrogen (secondary N) is 3. The SMILES string of the molecule is C[C@@H](CNc1ccc(O)cc1)NC(=O)[C@H](CC1CCCCC1)NC(=O)c1ccc(-c2cccc(F)c2)o1. The van der Waals surface area contributed by atoms with Gasteiger partial charge < -0.3 is 25.5 Å². The maximum Gasteiger partial charge on any atom is 0.287 e. The second-order valence-corrected chi connectivity index (χ2v) is 9.78. The summed E-state index contributed by atoms with van der Waals surface area (Å²) in [5.41, 5.74) is 1.36. The molecule has 2 aromatic carbocycles. The molecular formula is C29H34FN3O4. The van der Waals surface area contributed by atoms with Gasteiger partial charge in [-0.15, -0.1) is 0 Å². The van der Waals surface area contributed by atoms with Crippen LogP contribution in [0.5, 0.6) is 5.75 Å². The smallest absolute Gasteiger partial charge is 0.287 e. The van der Waals surface area contributed by atoms with Crippen molar-refractivity contribution < 1.29 is 23.5 Å². The lowest BCUT2D eigenvalue weighted by Gasteiger charge is -2.27. The fraction of sp³-hybridized carbons (Fsp3) is 0.379. The molecule has 1 aromatic heterocycles. The Morgan fingerprint density at radius 2 is 1.78 bits per heavy atom. The number of furan rings is 1. The number of aromatic hydroxyl groups is 1. The van der Waals surface area contributed by atoms with Crippen LogP contribution in [0.25, 0.3) is 11.3 Å². The fourth-order valence-electron chi connectivity index (χ4n) is 4.72. The van der Waals surface area contributed by atoms with Crippen molar-refractivity contribution in [3.8, 4) is 17.1 Å². The Morgan fingerprint density at radius 3 is 2.51 bits per heavy atom. The first-order chi connectivity index (χ1) is 17.9. The molecule has 7 nitrogen and oxygen atoms in total. The molecule has 0 radical (unpaired) electrons. The summed E-state index contributed by atoms with van der Waals surface area (Å²) in [5.74, 6) is -0.0976. The van der Waals surface area contributed by atoms with E-state index in [0.29, 0.717) is 30.2 Å². The highest BCUT2D eigenvalue weighted by Crippen LogP contribution is 2.28. The number of phenolic OH excluding ortho intramolecular Hbond substituents is 1. The van der Waals surface area contributed by atoms with Crippen LogP contribution in [0.3, 0.4) is 0 Å². The molecule has 3 aromatic rings. The van der Waals surface area contributed by atoms with E-state index in [2.05, 4.69) is 16.0 Å². The average molecular weight is 508 g/mol. The van der Waals surface area contributed by atoms with Crippen LogP contribution < -0.4 is 16.0 Å². The number of halogens is 1. The molecule has 1 heterocycles. The van der Waals surface area contributed by atoms with Crippen LogP contribution in [0.15, 0.2) is 65.1 Å². The Morgan fingerprint density at radius 1 is 1.03 bits per heavy atom. The zero-order chi connectivity index (χ0) is 26.2. The van der Waals surface area contributed by atoms with Gasteiger partial charge in [0.25, 0.3) is 5.91 Å². The normalized spacial score (nSPS) is 15.5. The van der Waals surface area contributed by atoms with Crippen molar-refractivity contribution in [2.24, 2.45) is 5.92 Å². The summed E-state index contributed by atoms with van der Waals surface area (Å²) in [6.45, 7) is 2.37. The largest absolute Gasteiger partial charge is 0.508 e.